The molecule has 4 rings (SSSR count). The first kappa shape index (κ1) is 21.1. The molecule has 8 nitrogen and oxygen atoms in total. The first-order valence-corrected chi connectivity index (χ1v) is 9.97. The zero-order valence-corrected chi connectivity index (χ0v) is 17.4. The SMILES string of the molecule is O=C(CNc1cccc2ccccc12)NN=Cc1ccc(-c2cc([N+](=O)[O-])ccc2Cl)o1. The van der Waals surface area contributed by atoms with Gasteiger partial charge in [-0.15, -0.1) is 0 Å². The molecule has 0 unspecified atom stereocenters. The maximum Gasteiger partial charge on any atom is 0.270 e. The molecule has 2 N–H and O–H groups in total. The predicted octanol–water partition coefficient (Wildman–Crippen LogP) is 5.22. The largest absolute Gasteiger partial charge is 0.455 e. The van der Waals surface area contributed by atoms with Gasteiger partial charge < -0.3 is 9.73 Å². The standard InChI is InChI=1S/C23H17ClN4O4/c24-20-10-8-16(28(30)31)12-19(20)22-11-9-17(32-22)13-26-27-23(29)14-25-21-7-3-5-15-4-1-2-6-18(15)21/h1-13,25H,14H2,(H,27,29). The highest BCUT2D eigenvalue weighted by molar-refractivity contribution is 6.33. The van der Waals surface area contributed by atoms with Crippen LogP contribution in [0, 0.1) is 10.1 Å². The van der Waals surface area contributed by atoms with E-state index in [9.17, 15) is 14.9 Å². The molecule has 0 fully saturated rings. The maximum absolute atomic E-state index is 12.1. The molecule has 32 heavy (non-hydrogen) atoms. The van der Waals surface area contributed by atoms with Gasteiger partial charge in [0.25, 0.3) is 11.6 Å². The van der Waals surface area contributed by atoms with E-state index in [0.717, 1.165) is 16.5 Å². The minimum absolute atomic E-state index is 0.0397. The molecule has 0 saturated heterocycles. The van der Waals surface area contributed by atoms with E-state index < -0.39 is 4.92 Å². The highest BCUT2D eigenvalue weighted by Crippen LogP contribution is 2.32. The summed E-state index contributed by atoms with van der Waals surface area (Å²) in [5.74, 6) is 0.372. The van der Waals surface area contributed by atoms with Crippen LogP contribution >= 0.6 is 11.6 Å². The van der Waals surface area contributed by atoms with E-state index in [1.807, 2.05) is 42.5 Å². The molecule has 160 valence electrons. The third-order valence-corrected chi connectivity index (χ3v) is 4.99. The molecule has 0 saturated carbocycles. The van der Waals surface area contributed by atoms with Gasteiger partial charge in [0.2, 0.25) is 0 Å². The van der Waals surface area contributed by atoms with Crippen molar-refractivity contribution in [2.75, 3.05) is 11.9 Å². The average molecular weight is 449 g/mol. The number of hydrazone groups is 1. The highest BCUT2D eigenvalue weighted by Gasteiger charge is 2.14. The minimum Gasteiger partial charge on any atom is -0.455 e. The topological polar surface area (TPSA) is 110 Å². The Morgan fingerprint density at radius 1 is 1.09 bits per heavy atom. The van der Waals surface area contributed by atoms with Gasteiger partial charge in [0, 0.05) is 28.8 Å². The normalized spacial score (nSPS) is 11.0. The van der Waals surface area contributed by atoms with Crippen molar-refractivity contribution in [2.45, 2.75) is 0 Å². The Morgan fingerprint density at radius 2 is 1.91 bits per heavy atom. The van der Waals surface area contributed by atoms with Crippen LogP contribution in [0.4, 0.5) is 11.4 Å². The molecular formula is C23H17ClN4O4. The van der Waals surface area contributed by atoms with E-state index in [1.165, 1.54) is 24.4 Å². The van der Waals surface area contributed by atoms with Crippen LogP contribution in [-0.2, 0) is 4.79 Å². The number of nitrogens with zero attached hydrogens (tertiary/aromatic N) is 2. The number of amides is 1. The lowest BCUT2D eigenvalue weighted by molar-refractivity contribution is -0.384. The van der Waals surface area contributed by atoms with Crippen molar-refractivity contribution in [2.24, 2.45) is 5.10 Å². The molecule has 1 amide bonds. The number of nitrogens with one attached hydrogen (secondary N) is 2. The number of nitro groups is 1. The number of anilines is 1. The Labute approximate surface area is 187 Å². The first-order chi connectivity index (χ1) is 15.5. The second-order valence-electron chi connectivity index (χ2n) is 6.80. The fourth-order valence-corrected chi connectivity index (χ4v) is 3.36. The lowest BCUT2D eigenvalue weighted by Crippen LogP contribution is -2.25. The Morgan fingerprint density at radius 3 is 2.75 bits per heavy atom. The van der Waals surface area contributed by atoms with Crippen molar-refractivity contribution in [3.05, 3.63) is 93.7 Å². The molecule has 0 atom stereocenters. The van der Waals surface area contributed by atoms with Crippen LogP contribution in [0.15, 0.2) is 82.3 Å². The van der Waals surface area contributed by atoms with Crippen molar-refractivity contribution >= 4 is 45.9 Å². The molecule has 0 aliphatic rings. The van der Waals surface area contributed by atoms with Crippen molar-refractivity contribution in [3.8, 4) is 11.3 Å². The van der Waals surface area contributed by atoms with Crippen LogP contribution in [-0.4, -0.2) is 23.6 Å². The maximum atomic E-state index is 12.1. The zero-order valence-electron chi connectivity index (χ0n) is 16.6. The van der Waals surface area contributed by atoms with Crippen LogP contribution in [0.25, 0.3) is 22.1 Å². The third kappa shape index (κ3) is 4.76. The van der Waals surface area contributed by atoms with Crippen LogP contribution < -0.4 is 10.7 Å². The smallest absolute Gasteiger partial charge is 0.270 e. The van der Waals surface area contributed by atoms with Crippen molar-refractivity contribution in [1.29, 1.82) is 0 Å². The molecule has 0 bridgehead atoms. The van der Waals surface area contributed by atoms with E-state index in [-0.39, 0.29) is 18.1 Å². The molecule has 0 aliphatic carbocycles. The molecule has 0 spiro atoms. The monoisotopic (exact) mass is 448 g/mol. The molecule has 1 heterocycles. The summed E-state index contributed by atoms with van der Waals surface area (Å²) in [7, 11) is 0. The van der Waals surface area contributed by atoms with Gasteiger partial charge in [0.05, 0.1) is 22.7 Å². The van der Waals surface area contributed by atoms with Gasteiger partial charge in [-0.3, -0.25) is 14.9 Å². The van der Waals surface area contributed by atoms with Gasteiger partial charge in [0.15, 0.2) is 0 Å². The summed E-state index contributed by atoms with van der Waals surface area (Å²) in [4.78, 5) is 22.6. The van der Waals surface area contributed by atoms with E-state index in [2.05, 4.69) is 15.8 Å². The summed E-state index contributed by atoms with van der Waals surface area (Å²) in [6.45, 7) is 0.0397. The summed E-state index contributed by atoms with van der Waals surface area (Å²) in [5.41, 5.74) is 3.58. The summed E-state index contributed by atoms with van der Waals surface area (Å²) in [5, 5.41) is 20.4. The van der Waals surface area contributed by atoms with Gasteiger partial charge >= 0.3 is 0 Å². The predicted molar refractivity (Wildman–Crippen MR) is 124 cm³/mol. The van der Waals surface area contributed by atoms with Gasteiger partial charge in [-0.25, -0.2) is 5.43 Å². The summed E-state index contributed by atoms with van der Waals surface area (Å²) in [6, 6.07) is 21.0. The summed E-state index contributed by atoms with van der Waals surface area (Å²) >= 11 is 6.13. The molecule has 9 heteroatoms. The number of non-ortho nitro benzene ring substituents is 1. The van der Waals surface area contributed by atoms with Crippen LogP contribution in [0.2, 0.25) is 5.02 Å². The Bertz CT molecular complexity index is 1330. The minimum atomic E-state index is -0.507. The number of rotatable bonds is 7. The van der Waals surface area contributed by atoms with E-state index >= 15 is 0 Å². The third-order valence-electron chi connectivity index (χ3n) is 4.66. The number of carbonyl (C=O) groups excluding carboxylic acids is 1. The quantitative estimate of drug-likeness (QED) is 0.229. The number of carbonyl (C=O) groups is 1. The molecule has 0 radical (unpaired) electrons. The van der Waals surface area contributed by atoms with Crippen LogP contribution in [0.3, 0.4) is 0 Å². The Kier molecular flexibility index (Phi) is 6.14. The van der Waals surface area contributed by atoms with E-state index in [0.29, 0.717) is 22.1 Å². The molecule has 1 aromatic heterocycles. The number of hydrogen-bond donors (Lipinski definition) is 2. The van der Waals surface area contributed by atoms with Crippen molar-refractivity contribution in [3.63, 3.8) is 0 Å². The molecule has 0 aliphatic heterocycles. The second-order valence-corrected chi connectivity index (χ2v) is 7.20. The van der Waals surface area contributed by atoms with Gasteiger partial charge in [-0.2, -0.15) is 5.10 Å². The number of halogens is 1. The number of hydrogen-bond acceptors (Lipinski definition) is 6. The first-order valence-electron chi connectivity index (χ1n) is 9.59. The van der Waals surface area contributed by atoms with Crippen molar-refractivity contribution in [1.82, 2.24) is 5.43 Å². The average Bonchev–Trinajstić information content (AvgIpc) is 3.26. The lowest BCUT2D eigenvalue weighted by atomic mass is 10.1. The molecule has 3 aromatic carbocycles. The number of benzene rings is 3. The van der Waals surface area contributed by atoms with Crippen LogP contribution in [0.5, 0.6) is 0 Å². The Hall–Kier alpha value is -4.17. The van der Waals surface area contributed by atoms with E-state index in [4.69, 9.17) is 16.0 Å². The second kappa shape index (κ2) is 9.32. The Balaban J connectivity index is 1.37. The summed E-state index contributed by atoms with van der Waals surface area (Å²) < 4.78 is 5.62. The number of nitro benzene ring substituents is 1. The molecular weight excluding hydrogens is 432 g/mol. The van der Waals surface area contributed by atoms with Gasteiger partial charge in [-0.1, -0.05) is 48.0 Å². The number of furan rings is 1. The summed E-state index contributed by atoms with van der Waals surface area (Å²) in [6.07, 6.45) is 1.34. The van der Waals surface area contributed by atoms with Gasteiger partial charge in [0.1, 0.15) is 11.5 Å². The van der Waals surface area contributed by atoms with E-state index in [1.54, 1.807) is 12.1 Å². The fourth-order valence-electron chi connectivity index (χ4n) is 3.15. The zero-order chi connectivity index (χ0) is 22.5. The fraction of sp³-hybridized carbons (Fsp3) is 0.0435. The lowest BCUT2D eigenvalue weighted by Gasteiger charge is -2.08. The number of fused-ring (bicyclic) bond motifs is 1. The van der Waals surface area contributed by atoms with Crippen LogP contribution in [0.1, 0.15) is 5.76 Å². The van der Waals surface area contributed by atoms with Gasteiger partial charge in [-0.05, 0) is 29.7 Å². The highest BCUT2D eigenvalue weighted by atomic mass is 35.5. The molecule has 4 aromatic rings. The van der Waals surface area contributed by atoms with Crippen molar-refractivity contribution < 1.29 is 14.1 Å².